The van der Waals surface area contributed by atoms with Gasteiger partial charge in [-0.25, -0.2) is 9.37 Å². The van der Waals surface area contributed by atoms with Gasteiger partial charge in [0.2, 0.25) is 0 Å². The number of H-pyrrole nitrogens is 1. The first-order valence-electron chi connectivity index (χ1n) is 6.07. The van der Waals surface area contributed by atoms with Gasteiger partial charge in [-0.3, -0.25) is 9.59 Å². The molecule has 1 aromatic carbocycles. The Balaban J connectivity index is 2.13. The van der Waals surface area contributed by atoms with Gasteiger partial charge in [-0.1, -0.05) is 12.1 Å². The molecule has 0 atom stereocenters. The molecule has 2 aromatic rings. The maximum absolute atomic E-state index is 12.8. The molecule has 104 valence electrons. The third-order valence-electron chi connectivity index (χ3n) is 2.81. The van der Waals surface area contributed by atoms with Gasteiger partial charge < -0.3 is 10.3 Å². The molecular weight excluding hydrogens is 261 g/mol. The summed E-state index contributed by atoms with van der Waals surface area (Å²) in [5.74, 6) is -0.377. The predicted molar refractivity (Wildman–Crippen MR) is 71.9 cm³/mol. The van der Waals surface area contributed by atoms with Gasteiger partial charge in [-0.05, 0) is 31.5 Å². The van der Waals surface area contributed by atoms with Crippen molar-refractivity contribution in [3.05, 3.63) is 63.1 Å². The number of aromatic amines is 1. The standard InChI is InChI=1S/C14H14FN3O2/c1-8-12(14(20)18-9(2)17-8)13(19)16-7-10-3-5-11(15)6-4-10/h3-6H,7H2,1-2H3,(H,16,19)(H,17,18,20). The van der Waals surface area contributed by atoms with Gasteiger partial charge in [0, 0.05) is 6.54 Å². The number of nitrogens with zero attached hydrogens (tertiary/aromatic N) is 1. The van der Waals surface area contributed by atoms with E-state index < -0.39 is 11.5 Å². The number of carbonyl (C=O) groups excluding carboxylic acids is 1. The second kappa shape index (κ2) is 5.64. The zero-order valence-corrected chi connectivity index (χ0v) is 11.2. The highest BCUT2D eigenvalue weighted by atomic mass is 19.1. The smallest absolute Gasteiger partial charge is 0.264 e. The van der Waals surface area contributed by atoms with Crippen LogP contribution in [0.2, 0.25) is 0 Å². The molecule has 0 aliphatic carbocycles. The number of rotatable bonds is 3. The van der Waals surface area contributed by atoms with Gasteiger partial charge in [0.25, 0.3) is 11.5 Å². The van der Waals surface area contributed by atoms with Gasteiger partial charge in [0.15, 0.2) is 0 Å². The number of aryl methyl sites for hydroxylation is 2. The fraction of sp³-hybridized carbons (Fsp3) is 0.214. The van der Waals surface area contributed by atoms with Crippen LogP contribution in [-0.2, 0) is 6.54 Å². The largest absolute Gasteiger partial charge is 0.348 e. The highest BCUT2D eigenvalue weighted by molar-refractivity contribution is 5.94. The summed E-state index contributed by atoms with van der Waals surface area (Å²) in [6.45, 7) is 3.47. The van der Waals surface area contributed by atoms with Crippen LogP contribution in [0, 0.1) is 19.7 Å². The Kier molecular flexibility index (Phi) is 3.93. The van der Waals surface area contributed by atoms with Crippen molar-refractivity contribution in [1.29, 1.82) is 0 Å². The molecule has 0 saturated carbocycles. The van der Waals surface area contributed by atoms with Crippen LogP contribution in [0.25, 0.3) is 0 Å². The summed E-state index contributed by atoms with van der Waals surface area (Å²) < 4.78 is 12.8. The molecule has 0 aliphatic heterocycles. The molecule has 1 aromatic heterocycles. The number of aromatic nitrogens is 2. The van der Waals surface area contributed by atoms with Gasteiger partial charge in [-0.2, -0.15) is 0 Å². The lowest BCUT2D eigenvalue weighted by atomic mass is 10.2. The van der Waals surface area contributed by atoms with E-state index in [0.717, 1.165) is 5.56 Å². The predicted octanol–water partition coefficient (Wildman–Crippen LogP) is 1.46. The normalized spacial score (nSPS) is 10.3. The van der Waals surface area contributed by atoms with Crippen LogP contribution in [0.5, 0.6) is 0 Å². The Morgan fingerprint density at radius 1 is 1.30 bits per heavy atom. The monoisotopic (exact) mass is 275 g/mol. The number of amides is 1. The van der Waals surface area contributed by atoms with Crippen molar-refractivity contribution in [3.8, 4) is 0 Å². The molecule has 0 aliphatic rings. The minimum Gasteiger partial charge on any atom is -0.348 e. The molecule has 0 unspecified atom stereocenters. The highest BCUT2D eigenvalue weighted by Crippen LogP contribution is 2.03. The first-order valence-corrected chi connectivity index (χ1v) is 6.07. The maximum atomic E-state index is 12.8. The Bertz CT molecular complexity index is 693. The number of benzene rings is 1. The summed E-state index contributed by atoms with van der Waals surface area (Å²) in [5, 5.41) is 2.61. The summed E-state index contributed by atoms with van der Waals surface area (Å²) in [4.78, 5) is 30.3. The second-order valence-electron chi connectivity index (χ2n) is 4.42. The molecule has 2 rings (SSSR count). The lowest BCUT2D eigenvalue weighted by molar-refractivity contribution is 0.0948. The fourth-order valence-corrected chi connectivity index (χ4v) is 1.87. The first-order chi connectivity index (χ1) is 9.47. The number of hydrogen-bond acceptors (Lipinski definition) is 3. The lowest BCUT2D eigenvalue weighted by Crippen LogP contribution is -2.31. The number of nitrogens with one attached hydrogen (secondary N) is 2. The van der Waals surface area contributed by atoms with E-state index in [2.05, 4.69) is 15.3 Å². The molecule has 0 bridgehead atoms. The molecule has 0 spiro atoms. The van der Waals surface area contributed by atoms with E-state index in [4.69, 9.17) is 0 Å². The van der Waals surface area contributed by atoms with Crippen molar-refractivity contribution in [2.24, 2.45) is 0 Å². The Labute approximate surface area is 114 Å². The first kappa shape index (κ1) is 13.9. The van der Waals surface area contributed by atoms with E-state index in [9.17, 15) is 14.0 Å². The van der Waals surface area contributed by atoms with E-state index in [0.29, 0.717) is 11.5 Å². The van der Waals surface area contributed by atoms with Crippen LogP contribution in [0.3, 0.4) is 0 Å². The van der Waals surface area contributed by atoms with Crippen molar-refractivity contribution in [2.45, 2.75) is 20.4 Å². The fourth-order valence-electron chi connectivity index (χ4n) is 1.87. The summed E-state index contributed by atoms with van der Waals surface area (Å²) in [7, 11) is 0. The van der Waals surface area contributed by atoms with Crippen molar-refractivity contribution in [2.75, 3.05) is 0 Å². The molecule has 5 nitrogen and oxygen atoms in total. The second-order valence-corrected chi connectivity index (χ2v) is 4.42. The van der Waals surface area contributed by atoms with Crippen molar-refractivity contribution >= 4 is 5.91 Å². The van der Waals surface area contributed by atoms with E-state index >= 15 is 0 Å². The SMILES string of the molecule is Cc1nc(C)c(C(=O)NCc2ccc(F)cc2)c(=O)[nH]1. The number of hydrogen-bond donors (Lipinski definition) is 2. The topological polar surface area (TPSA) is 74.8 Å². The zero-order chi connectivity index (χ0) is 14.7. The van der Waals surface area contributed by atoms with Crippen LogP contribution in [-0.4, -0.2) is 15.9 Å². The molecular formula is C14H14FN3O2. The Hall–Kier alpha value is -2.50. The quantitative estimate of drug-likeness (QED) is 0.890. The van der Waals surface area contributed by atoms with Gasteiger partial charge in [0.05, 0.1) is 5.69 Å². The molecule has 2 N–H and O–H groups in total. The van der Waals surface area contributed by atoms with E-state index in [1.807, 2.05) is 0 Å². The van der Waals surface area contributed by atoms with Crippen molar-refractivity contribution in [3.63, 3.8) is 0 Å². The molecule has 1 heterocycles. The summed E-state index contributed by atoms with van der Waals surface area (Å²) in [6, 6.07) is 5.76. The van der Waals surface area contributed by atoms with Gasteiger partial charge >= 0.3 is 0 Å². The summed E-state index contributed by atoms with van der Waals surface area (Å²) in [6.07, 6.45) is 0. The van der Waals surface area contributed by atoms with E-state index in [1.54, 1.807) is 26.0 Å². The van der Waals surface area contributed by atoms with E-state index in [-0.39, 0.29) is 17.9 Å². The van der Waals surface area contributed by atoms with Crippen molar-refractivity contribution < 1.29 is 9.18 Å². The minimum atomic E-state index is -0.499. The van der Waals surface area contributed by atoms with Crippen LogP contribution in [0.1, 0.15) is 27.4 Å². The number of carbonyl (C=O) groups is 1. The van der Waals surface area contributed by atoms with Gasteiger partial charge in [-0.15, -0.1) is 0 Å². The molecule has 20 heavy (non-hydrogen) atoms. The number of halogens is 1. The summed E-state index contributed by atoms with van der Waals surface area (Å²) >= 11 is 0. The van der Waals surface area contributed by atoms with Crippen LogP contribution in [0.15, 0.2) is 29.1 Å². The minimum absolute atomic E-state index is 0.00212. The molecule has 0 saturated heterocycles. The highest BCUT2D eigenvalue weighted by Gasteiger charge is 2.15. The Morgan fingerprint density at radius 3 is 2.55 bits per heavy atom. The molecule has 1 amide bonds. The Morgan fingerprint density at radius 2 is 1.95 bits per heavy atom. The van der Waals surface area contributed by atoms with Gasteiger partial charge in [0.1, 0.15) is 17.2 Å². The third kappa shape index (κ3) is 3.09. The van der Waals surface area contributed by atoms with E-state index in [1.165, 1.54) is 12.1 Å². The molecule has 0 radical (unpaired) electrons. The summed E-state index contributed by atoms with van der Waals surface area (Å²) in [5.41, 5.74) is 0.654. The average Bonchev–Trinajstić information content (AvgIpc) is 2.37. The van der Waals surface area contributed by atoms with Crippen LogP contribution >= 0.6 is 0 Å². The molecule has 0 fully saturated rings. The third-order valence-corrected chi connectivity index (χ3v) is 2.81. The lowest BCUT2D eigenvalue weighted by Gasteiger charge is -2.07. The maximum Gasteiger partial charge on any atom is 0.264 e. The average molecular weight is 275 g/mol. The zero-order valence-electron chi connectivity index (χ0n) is 11.2. The van der Waals surface area contributed by atoms with Crippen LogP contribution < -0.4 is 10.9 Å². The van der Waals surface area contributed by atoms with Crippen LogP contribution in [0.4, 0.5) is 4.39 Å². The van der Waals surface area contributed by atoms with Crippen molar-refractivity contribution in [1.82, 2.24) is 15.3 Å². The molecule has 6 heteroatoms.